The standard InChI is InChI=1S/C43H47F5N6O6/c1-6-29-31(44)10-8-25-18-28(59-24-56-5)19-30(33(25)29)36-35(45)37-34-32(49-36)11-9-26-20-52(40(55)60-41(2,3)4)16-17-53(26)38(34)51-39(50-37)58-22-42-13-7-15-54(42)27(12-14-42)21-57-23-43(46,47)48/h1,8,10,18-19,26-27H,7,9,11-17,20-24H2,2-5H3/t26-,27+,42+/m1/s1. The maximum Gasteiger partial charge on any atom is 0.411 e. The van der Waals surface area contributed by atoms with Crippen LogP contribution in [-0.2, 0) is 20.6 Å². The number of alkyl halides is 3. The molecule has 4 aliphatic heterocycles. The largest absolute Gasteiger partial charge is 0.468 e. The van der Waals surface area contributed by atoms with Crippen molar-refractivity contribution in [3.8, 4) is 35.4 Å². The molecule has 3 atom stereocenters. The van der Waals surface area contributed by atoms with Crippen LogP contribution in [0.4, 0.5) is 32.6 Å². The fourth-order valence-electron chi connectivity index (χ4n) is 9.26. The molecule has 4 aliphatic rings. The Labute approximate surface area is 344 Å². The summed E-state index contributed by atoms with van der Waals surface area (Å²) in [4.78, 5) is 33.7. The Bertz CT molecular complexity index is 2350. The summed E-state index contributed by atoms with van der Waals surface area (Å²) in [7, 11) is 1.46. The fourth-order valence-corrected chi connectivity index (χ4v) is 9.26. The number of carbonyl (C=O) groups is 1. The van der Waals surface area contributed by atoms with Gasteiger partial charge < -0.3 is 33.5 Å². The van der Waals surface area contributed by atoms with Crippen LogP contribution >= 0.6 is 0 Å². The molecule has 60 heavy (non-hydrogen) atoms. The lowest BCUT2D eigenvalue weighted by atomic mass is 9.95. The van der Waals surface area contributed by atoms with Crippen LogP contribution < -0.4 is 14.4 Å². The second kappa shape index (κ2) is 16.1. The van der Waals surface area contributed by atoms with Crippen LogP contribution in [0.15, 0.2) is 24.3 Å². The van der Waals surface area contributed by atoms with Crippen LogP contribution in [0.25, 0.3) is 32.9 Å². The number of aryl methyl sites for hydroxylation is 1. The van der Waals surface area contributed by atoms with Crippen LogP contribution in [0.5, 0.6) is 11.8 Å². The van der Waals surface area contributed by atoms with E-state index in [9.17, 15) is 18.0 Å². The van der Waals surface area contributed by atoms with Gasteiger partial charge in [-0.3, -0.25) is 4.90 Å². The lowest BCUT2D eigenvalue weighted by Gasteiger charge is -2.41. The number of hydrogen-bond acceptors (Lipinski definition) is 11. The highest BCUT2D eigenvalue weighted by atomic mass is 19.4. The number of halogens is 5. The lowest BCUT2D eigenvalue weighted by Crippen LogP contribution is -2.55. The first-order valence-electron chi connectivity index (χ1n) is 20.1. The van der Waals surface area contributed by atoms with Crippen molar-refractivity contribution in [3.05, 3.63) is 47.2 Å². The number of carbonyl (C=O) groups excluding carboxylic acids is 1. The maximum absolute atomic E-state index is 17.6. The van der Waals surface area contributed by atoms with E-state index < -0.39 is 41.7 Å². The number of pyridine rings is 1. The molecule has 17 heteroatoms. The number of methoxy groups -OCH3 is 1. The number of piperazine rings is 1. The van der Waals surface area contributed by atoms with E-state index in [1.807, 2.05) is 25.7 Å². The zero-order chi connectivity index (χ0) is 42.6. The average molecular weight is 839 g/mol. The third kappa shape index (κ3) is 8.08. The number of terminal acetylenes is 1. The third-order valence-corrected chi connectivity index (χ3v) is 11.8. The van der Waals surface area contributed by atoms with E-state index in [0.29, 0.717) is 79.9 Å². The summed E-state index contributed by atoms with van der Waals surface area (Å²) < 4.78 is 99.7. The van der Waals surface area contributed by atoms with E-state index in [0.717, 1.165) is 12.8 Å². The van der Waals surface area contributed by atoms with Crippen molar-refractivity contribution in [2.45, 2.75) is 88.7 Å². The van der Waals surface area contributed by atoms with Crippen molar-refractivity contribution in [1.82, 2.24) is 24.8 Å². The summed E-state index contributed by atoms with van der Waals surface area (Å²) in [5.74, 6) is 1.67. The van der Waals surface area contributed by atoms with Crippen molar-refractivity contribution in [1.29, 1.82) is 0 Å². The van der Waals surface area contributed by atoms with Crippen LogP contribution in [0.1, 0.15) is 64.1 Å². The van der Waals surface area contributed by atoms with E-state index in [1.54, 1.807) is 17.0 Å². The molecule has 0 N–H and O–H groups in total. The van der Waals surface area contributed by atoms with E-state index >= 15 is 8.78 Å². The first-order chi connectivity index (χ1) is 28.6. The van der Waals surface area contributed by atoms with Crippen molar-refractivity contribution in [3.63, 3.8) is 0 Å². The van der Waals surface area contributed by atoms with Gasteiger partial charge in [-0.05, 0) is 89.4 Å². The SMILES string of the molecule is C#Cc1c(F)ccc2cc(OCOC)cc(-c3nc4c5c(nc(OC[C@@]67CCCN6[C@H](COCC(F)(F)F)CC7)nc5c3F)N3CCN(C(=O)OC(C)(C)C)C[C@H]3CC4)c12. The van der Waals surface area contributed by atoms with Crippen molar-refractivity contribution >= 4 is 33.6 Å². The smallest absolute Gasteiger partial charge is 0.411 e. The molecule has 320 valence electrons. The van der Waals surface area contributed by atoms with E-state index in [-0.39, 0.29) is 65.8 Å². The molecule has 3 saturated heterocycles. The Morgan fingerprint density at radius 1 is 1.02 bits per heavy atom. The molecule has 0 radical (unpaired) electrons. The van der Waals surface area contributed by atoms with Crippen LogP contribution in [0.3, 0.4) is 0 Å². The Balaban J connectivity index is 1.22. The highest BCUT2D eigenvalue weighted by molar-refractivity contribution is 6.03. The second-order valence-corrected chi connectivity index (χ2v) is 16.9. The predicted octanol–water partition coefficient (Wildman–Crippen LogP) is 7.41. The summed E-state index contributed by atoms with van der Waals surface area (Å²) in [6.45, 7) is 5.70. The van der Waals surface area contributed by atoms with Gasteiger partial charge in [0.2, 0.25) is 0 Å². The molecule has 2 aromatic carbocycles. The van der Waals surface area contributed by atoms with Gasteiger partial charge >= 0.3 is 18.3 Å². The van der Waals surface area contributed by atoms with Crippen molar-refractivity contribution in [2.75, 3.05) is 64.8 Å². The molecule has 0 aliphatic carbocycles. The molecule has 3 fully saturated rings. The van der Waals surface area contributed by atoms with Gasteiger partial charge in [-0.2, -0.15) is 23.1 Å². The Morgan fingerprint density at radius 3 is 2.58 bits per heavy atom. The minimum absolute atomic E-state index is 0.0595. The lowest BCUT2D eigenvalue weighted by molar-refractivity contribution is -0.177. The zero-order valence-electron chi connectivity index (χ0n) is 34.0. The Morgan fingerprint density at radius 2 is 1.83 bits per heavy atom. The number of anilines is 1. The highest BCUT2D eigenvalue weighted by Crippen LogP contribution is 2.45. The Hall–Kier alpha value is -5.05. The molecule has 0 spiro atoms. The molecular weight excluding hydrogens is 791 g/mol. The van der Waals surface area contributed by atoms with Crippen molar-refractivity contribution < 1.29 is 50.4 Å². The first kappa shape index (κ1) is 41.7. The predicted molar refractivity (Wildman–Crippen MR) is 212 cm³/mol. The van der Waals surface area contributed by atoms with E-state index in [2.05, 4.69) is 10.8 Å². The van der Waals surface area contributed by atoms with Gasteiger partial charge in [0.05, 0.1) is 28.8 Å². The summed E-state index contributed by atoms with van der Waals surface area (Å²) in [5, 5.41) is 1.14. The summed E-state index contributed by atoms with van der Waals surface area (Å²) in [6.07, 6.45) is 4.71. The van der Waals surface area contributed by atoms with Crippen LogP contribution in [0.2, 0.25) is 0 Å². The van der Waals surface area contributed by atoms with Crippen LogP contribution in [-0.4, -0.2) is 120 Å². The van der Waals surface area contributed by atoms with Gasteiger partial charge in [0.1, 0.15) is 47.4 Å². The van der Waals surface area contributed by atoms with Gasteiger partial charge in [0.25, 0.3) is 0 Å². The number of amides is 1. The van der Waals surface area contributed by atoms with E-state index in [1.165, 1.54) is 19.2 Å². The van der Waals surface area contributed by atoms with Gasteiger partial charge in [0.15, 0.2) is 12.6 Å². The molecule has 0 unspecified atom stereocenters. The fraction of sp³-hybridized carbons (Fsp3) is 0.535. The number of ether oxygens (including phenoxy) is 5. The molecule has 0 saturated carbocycles. The Kier molecular flexibility index (Phi) is 11.2. The van der Waals surface area contributed by atoms with E-state index in [4.69, 9.17) is 45.1 Å². The van der Waals surface area contributed by atoms with Crippen LogP contribution in [0, 0.1) is 24.0 Å². The van der Waals surface area contributed by atoms with Gasteiger partial charge in [-0.1, -0.05) is 12.0 Å². The number of hydrogen-bond donors (Lipinski definition) is 0. The number of aromatic nitrogens is 3. The average Bonchev–Trinajstić information content (AvgIpc) is 3.72. The molecule has 6 heterocycles. The van der Waals surface area contributed by atoms with Gasteiger partial charge in [-0.15, -0.1) is 6.42 Å². The summed E-state index contributed by atoms with van der Waals surface area (Å²) >= 11 is 0. The first-order valence-corrected chi connectivity index (χ1v) is 20.1. The van der Waals surface area contributed by atoms with Gasteiger partial charge in [-0.25, -0.2) is 18.6 Å². The highest BCUT2D eigenvalue weighted by Gasteiger charge is 2.50. The number of fused-ring (bicyclic) bond motifs is 4. The second-order valence-electron chi connectivity index (χ2n) is 16.9. The molecule has 12 nitrogen and oxygen atoms in total. The summed E-state index contributed by atoms with van der Waals surface area (Å²) in [6, 6.07) is 5.42. The zero-order valence-corrected chi connectivity index (χ0v) is 34.0. The normalized spacial score (nSPS) is 21.8. The number of nitrogens with zero attached hydrogens (tertiary/aromatic N) is 6. The third-order valence-electron chi connectivity index (χ3n) is 11.8. The molecule has 1 amide bonds. The topological polar surface area (TPSA) is 112 Å². The quantitative estimate of drug-likeness (QED) is 0.0905. The molecule has 4 aromatic rings. The van der Waals surface area contributed by atoms with Gasteiger partial charge in [0, 0.05) is 49.8 Å². The van der Waals surface area contributed by atoms with Crippen molar-refractivity contribution in [2.24, 2.45) is 0 Å². The minimum atomic E-state index is -4.42. The number of rotatable bonds is 10. The maximum atomic E-state index is 17.6. The molecular formula is C43H47F5N6O6. The molecule has 2 aromatic heterocycles. The summed E-state index contributed by atoms with van der Waals surface area (Å²) in [5.41, 5.74) is -0.772. The minimum Gasteiger partial charge on any atom is -0.468 e. The molecule has 0 bridgehead atoms. The number of benzene rings is 2. The monoisotopic (exact) mass is 838 g/mol. The molecule has 8 rings (SSSR count).